The van der Waals surface area contributed by atoms with Crippen LogP contribution in [-0.2, 0) is 19.1 Å². The van der Waals surface area contributed by atoms with Gasteiger partial charge in [-0.2, -0.15) is 5.26 Å². The van der Waals surface area contributed by atoms with Crippen LogP contribution in [0.25, 0.3) is 0 Å². The van der Waals surface area contributed by atoms with Crippen LogP contribution in [0, 0.1) is 11.3 Å². The van der Waals surface area contributed by atoms with Crippen LogP contribution >= 0.6 is 11.6 Å². The van der Waals surface area contributed by atoms with E-state index >= 15 is 0 Å². The van der Waals surface area contributed by atoms with E-state index in [0.717, 1.165) is 0 Å². The highest BCUT2D eigenvalue weighted by Crippen LogP contribution is 2.45. The average Bonchev–Trinajstić information content (AvgIpc) is 2.83. The lowest BCUT2D eigenvalue weighted by molar-refractivity contribution is -0.139. The summed E-state index contributed by atoms with van der Waals surface area (Å²) in [5.41, 5.74) is 6.97. The minimum atomic E-state index is -0.955. The van der Waals surface area contributed by atoms with Crippen molar-refractivity contribution < 1.29 is 23.8 Å². The van der Waals surface area contributed by atoms with E-state index in [2.05, 4.69) is 6.07 Å². The molecular weight excluding hydrogens is 434 g/mol. The number of nitrogens with zero attached hydrogens (tertiary/aromatic N) is 2. The van der Waals surface area contributed by atoms with Crippen LogP contribution in [0.1, 0.15) is 11.5 Å². The Bertz CT molecular complexity index is 1170. The maximum atomic E-state index is 13.0. The highest BCUT2D eigenvalue weighted by molar-refractivity contribution is 6.33. The number of ether oxygens (including phenoxy) is 3. The van der Waals surface area contributed by atoms with Crippen LogP contribution in [0.5, 0.6) is 5.75 Å². The zero-order valence-electron chi connectivity index (χ0n) is 17.6. The van der Waals surface area contributed by atoms with Gasteiger partial charge in [-0.1, -0.05) is 41.9 Å². The summed E-state index contributed by atoms with van der Waals surface area (Å²) in [7, 11) is 3.82. The van der Waals surface area contributed by atoms with Crippen LogP contribution in [-0.4, -0.2) is 33.3 Å². The Morgan fingerprint density at radius 1 is 1.06 bits per heavy atom. The standard InChI is InChI=1S/C23H20ClN3O5/c1-30-14-9-10-16(24)17(11-14)27-20(23(29)32-3)19(22(28)31-2)18(15(12-25)21(27)26)13-7-5-4-6-8-13/h4-11,18H,26H2,1-3H3. The fraction of sp³-hybridized carbons (Fsp3) is 0.174. The third-order valence-corrected chi connectivity index (χ3v) is 5.32. The van der Waals surface area contributed by atoms with Gasteiger partial charge in [0.15, 0.2) is 0 Å². The first-order chi connectivity index (χ1) is 15.4. The number of halogens is 1. The summed E-state index contributed by atoms with van der Waals surface area (Å²) in [5.74, 6) is -2.29. The van der Waals surface area contributed by atoms with Gasteiger partial charge in [-0.05, 0) is 17.7 Å². The number of hydrogen-bond donors (Lipinski definition) is 1. The Hall–Kier alpha value is -3.96. The highest BCUT2D eigenvalue weighted by atomic mass is 35.5. The van der Waals surface area contributed by atoms with E-state index in [9.17, 15) is 14.9 Å². The smallest absolute Gasteiger partial charge is 0.355 e. The molecule has 1 aliphatic rings. The van der Waals surface area contributed by atoms with Gasteiger partial charge in [0.2, 0.25) is 0 Å². The Kier molecular flexibility index (Phi) is 6.71. The predicted molar refractivity (Wildman–Crippen MR) is 118 cm³/mol. The number of carbonyl (C=O) groups excluding carboxylic acids is 2. The molecule has 8 nitrogen and oxygen atoms in total. The molecule has 1 heterocycles. The molecule has 0 fully saturated rings. The summed E-state index contributed by atoms with van der Waals surface area (Å²) in [5, 5.41) is 10.2. The first kappa shape index (κ1) is 22.7. The number of anilines is 1. The lowest BCUT2D eigenvalue weighted by Gasteiger charge is -2.36. The zero-order valence-corrected chi connectivity index (χ0v) is 18.3. The van der Waals surface area contributed by atoms with Crippen molar-refractivity contribution in [1.82, 2.24) is 0 Å². The van der Waals surface area contributed by atoms with Crippen molar-refractivity contribution in [1.29, 1.82) is 5.26 Å². The second kappa shape index (κ2) is 9.45. The van der Waals surface area contributed by atoms with Gasteiger partial charge >= 0.3 is 11.9 Å². The van der Waals surface area contributed by atoms with Crippen molar-refractivity contribution in [3.8, 4) is 11.8 Å². The minimum Gasteiger partial charge on any atom is -0.497 e. The quantitative estimate of drug-likeness (QED) is 0.686. The number of allylic oxidation sites excluding steroid dienone is 1. The molecule has 1 unspecified atom stereocenters. The number of nitrogens with two attached hydrogens (primary N) is 1. The maximum Gasteiger partial charge on any atom is 0.355 e. The van der Waals surface area contributed by atoms with Crippen LogP contribution in [0.3, 0.4) is 0 Å². The van der Waals surface area contributed by atoms with Crippen LogP contribution in [0.15, 0.2) is 71.2 Å². The number of esters is 2. The molecule has 0 amide bonds. The van der Waals surface area contributed by atoms with E-state index in [0.29, 0.717) is 11.3 Å². The summed E-state index contributed by atoms with van der Waals surface area (Å²) in [6, 6.07) is 15.5. The third-order valence-electron chi connectivity index (χ3n) is 5.00. The summed E-state index contributed by atoms with van der Waals surface area (Å²) >= 11 is 6.42. The Labute approximate surface area is 190 Å². The number of nitriles is 1. The molecule has 9 heteroatoms. The third kappa shape index (κ3) is 3.86. The number of carbonyl (C=O) groups is 2. The van der Waals surface area contributed by atoms with Crippen molar-refractivity contribution in [2.24, 2.45) is 5.73 Å². The molecule has 1 atom stereocenters. The van der Waals surface area contributed by atoms with E-state index in [1.165, 1.54) is 32.3 Å². The van der Waals surface area contributed by atoms with E-state index in [4.69, 9.17) is 31.5 Å². The molecule has 0 aromatic heterocycles. The molecule has 2 aromatic rings. The van der Waals surface area contributed by atoms with Gasteiger partial charge < -0.3 is 19.9 Å². The molecule has 164 valence electrons. The van der Waals surface area contributed by atoms with Gasteiger partial charge in [0.25, 0.3) is 0 Å². The van der Waals surface area contributed by atoms with Gasteiger partial charge in [0, 0.05) is 6.07 Å². The second-order valence-electron chi connectivity index (χ2n) is 6.65. The monoisotopic (exact) mass is 453 g/mol. The van der Waals surface area contributed by atoms with Crippen molar-refractivity contribution in [2.75, 3.05) is 26.2 Å². The highest BCUT2D eigenvalue weighted by Gasteiger charge is 2.43. The average molecular weight is 454 g/mol. The van der Waals surface area contributed by atoms with Crippen LogP contribution < -0.4 is 15.4 Å². The van der Waals surface area contributed by atoms with Crippen molar-refractivity contribution in [3.63, 3.8) is 0 Å². The number of hydrogen-bond acceptors (Lipinski definition) is 8. The summed E-state index contributed by atoms with van der Waals surface area (Å²) < 4.78 is 15.2. The van der Waals surface area contributed by atoms with Gasteiger partial charge in [0.05, 0.1) is 55.2 Å². The van der Waals surface area contributed by atoms with Crippen LogP contribution in [0.4, 0.5) is 5.69 Å². The number of rotatable bonds is 5. The molecule has 2 N–H and O–H groups in total. The SMILES string of the molecule is COC(=O)C1=C(C(=O)OC)N(c2cc(OC)ccc2Cl)C(N)=C(C#N)C1c1ccccc1. The Morgan fingerprint density at radius 3 is 2.28 bits per heavy atom. The molecule has 2 aromatic carbocycles. The lowest BCUT2D eigenvalue weighted by atomic mass is 9.81. The molecule has 0 bridgehead atoms. The van der Waals surface area contributed by atoms with Crippen molar-refractivity contribution in [3.05, 3.63) is 81.8 Å². The van der Waals surface area contributed by atoms with Crippen molar-refractivity contribution >= 4 is 29.2 Å². The van der Waals surface area contributed by atoms with E-state index < -0.39 is 17.9 Å². The molecule has 32 heavy (non-hydrogen) atoms. The van der Waals surface area contributed by atoms with Gasteiger partial charge in [-0.15, -0.1) is 0 Å². The number of methoxy groups -OCH3 is 3. The molecular formula is C23H20ClN3O5. The fourth-order valence-electron chi connectivity index (χ4n) is 3.55. The van der Waals surface area contributed by atoms with Gasteiger partial charge in [-0.25, -0.2) is 9.59 Å². The Balaban J connectivity index is 2.44. The summed E-state index contributed by atoms with van der Waals surface area (Å²) in [4.78, 5) is 27.2. The van der Waals surface area contributed by atoms with Crippen molar-refractivity contribution in [2.45, 2.75) is 5.92 Å². The van der Waals surface area contributed by atoms with E-state index in [-0.39, 0.29) is 33.4 Å². The molecule has 0 radical (unpaired) electrons. The molecule has 3 rings (SSSR count). The molecule has 0 spiro atoms. The normalized spacial score (nSPS) is 15.8. The molecule has 0 saturated heterocycles. The summed E-state index contributed by atoms with van der Waals surface area (Å²) in [6.45, 7) is 0. The largest absolute Gasteiger partial charge is 0.497 e. The molecule has 1 aliphatic heterocycles. The van der Waals surface area contributed by atoms with E-state index in [1.807, 2.05) is 0 Å². The number of benzene rings is 2. The predicted octanol–water partition coefficient (Wildman–Crippen LogP) is 3.25. The fourth-order valence-corrected chi connectivity index (χ4v) is 3.76. The van der Waals surface area contributed by atoms with Gasteiger partial charge in [0.1, 0.15) is 17.3 Å². The molecule has 0 aliphatic carbocycles. The summed E-state index contributed by atoms with van der Waals surface area (Å²) in [6.07, 6.45) is 0. The topological polar surface area (TPSA) is 115 Å². The first-order valence-electron chi connectivity index (χ1n) is 9.38. The Morgan fingerprint density at radius 2 is 1.72 bits per heavy atom. The minimum absolute atomic E-state index is 0.0446. The lowest BCUT2D eigenvalue weighted by Crippen LogP contribution is -2.40. The van der Waals surface area contributed by atoms with Gasteiger partial charge in [-0.3, -0.25) is 4.90 Å². The maximum absolute atomic E-state index is 13.0. The molecule has 0 saturated carbocycles. The second-order valence-corrected chi connectivity index (χ2v) is 7.06. The van der Waals surface area contributed by atoms with E-state index in [1.54, 1.807) is 42.5 Å². The van der Waals surface area contributed by atoms with Crippen LogP contribution in [0.2, 0.25) is 5.02 Å². The zero-order chi connectivity index (χ0) is 23.4. The first-order valence-corrected chi connectivity index (χ1v) is 9.76.